The zero-order chi connectivity index (χ0) is 16.7. The lowest BCUT2D eigenvalue weighted by atomic mass is 9.96. The molecule has 0 radical (unpaired) electrons. The van der Waals surface area contributed by atoms with Crippen LogP contribution < -0.4 is 0 Å². The summed E-state index contributed by atoms with van der Waals surface area (Å²) in [5.41, 5.74) is 0. The first kappa shape index (κ1) is 22.5. The fraction of sp³-hybridized carbons (Fsp3) is 0.882. The van der Waals surface area contributed by atoms with E-state index in [0.717, 1.165) is 25.7 Å². The highest BCUT2D eigenvalue weighted by atomic mass is 16.5. The van der Waals surface area contributed by atoms with E-state index in [1.165, 1.54) is 0 Å². The zero-order valence-electron chi connectivity index (χ0n) is 14.5. The highest BCUT2D eigenvalue weighted by molar-refractivity contribution is 5.81. The molecule has 1 N–H and O–H groups in total. The van der Waals surface area contributed by atoms with E-state index < -0.39 is 0 Å². The van der Waals surface area contributed by atoms with Crippen LogP contribution in [0.3, 0.4) is 0 Å². The summed E-state index contributed by atoms with van der Waals surface area (Å²) in [6, 6.07) is 0. The van der Waals surface area contributed by atoms with Crippen molar-refractivity contribution in [2.75, 3.05) is 20.3 Å². The predicted octanol–water partition coefficient (Wildman–Crippen LogP) is 3.40. The number of hydrogen-bond acceptors (Lipinski definition) is 4. The second kappa shape index (κ2) is 15.6. The van der Waals surface area contributed by atoms with Gasteiger partial charge in [-0.05, 0) is 25.7 Å². The van der Waals surface area contributed by atoms with Crippen LogP contribution >= 0.6 is 0 Å². The molecule has 0 atom stereocenters. The lowest BCUT2D eigenvalue weighted by Crippen LogP contribution is -2.14. The highest BCUT2D eigenvalue weighted by Crippen LogP contribution is 2.11. The van der Waals surface area contributed by atoms with Crippen LogP contribution in [0.4, 0.5) is 0 Å². The van der Waals surface area contributed by atoms with Gasteiger partial charge in [0.05, 0.1) is 6.61 Å². The van der Waals surface area contributed by atoms with Crippen LogP contribution in [0, 0.1) is 11.8 Å². The second-order valence-electron chi connectivity index (χ2n) is 5.18. The standard InChI is InChI=1S/C9H18O2.C8H16O2/c1-4-8(5-2)9(10)6-7-11-3;1-3-7(4-2)8(10)5-6-9/h8H,4-7H2,1-3H3;7,9H,3-6H2,1-2H3. The molecular formula is C17H34O4. The third kappa shape index (κ3) is 11.6. The van der Waals surface area contributed by atoms with E-state index in [1.54, 1.807) is 7.11 Å². The Morgan fingerprint density at radius 2 is 1.24 bits per heavy atom. The fourth-order valence-corrected chi connectivity index (χ4v) is 2.21. The lowest BCUT2D eigenvalue weighted by molar-refractivity contribution is -0.124. The Hall–Kier alpha value is -0.740. The maximum absolute atomic E-state index is 11.3. The van der Waals surface area contributed by atoms with Crippen LogP contribution in [0.2, 0.25) is 0 Å². The predicted molar refractivity (Wildman–Crippen MR) is 86.4 cm³/mol. The average molecular weight is 302 g/mol. The maximum atomic E-state index is 11.3. The number of aliphatic hydroxyl groups excluding tert-OH is 1. The molecule has 126 valence electrons. The Morgan fingerprint density at radius 3 is 1.52 bits per heavy atom. The monoisotopic (exact) mass is 302 g/mol. The van der Waals surface area contributed by atoms with E-state index in [1.807, 2.05) is 13.8 Å². The first-order valence-corrected chi connectivity index (χ1v) is 8.17. The van der Waals surface area contributed by atoms with Gasteiger partial charge in [-0.3, -0.25) is 9.59 Å². The summed E-state index contributed by atoms with van der Waals surface area (Å²) >= 11 is 0. The van der Waals surface area contributed by atoms with Crippen molar-refractivity contribution < 1.29 is 19.4 Å². The van der Waals surface area contributed by atoms with Gasteiger partial charge in [-0.25, -0.2) is 0 Å². The molecule has 0 rings (SSSR count). The number of rotatable bonds is 11. The van der Waals surface area contributed by atoms with Gasteiger partial charge < -0.3 is 9.84 Å². The van der Waals surface area contributed by atoms with E-state index in [0.29, 0.717) is 25.2 Å². The van der Waals surface area contributed by atoms with Crippen molar-refractivity contribution in [2.24, 2.45) is 11.8 Å². The molecule has 0 bridgehead atoms. The van der Waals surface area contributed by atoms with Gasteiger partial charge in [0.15, 0.2) is 0 Å². The van der Waals surface area contributed by atoms with Crippen LogP contribution in [-0.2, 0) is 14.3 Å². The summed E-state index contributed by atoms with van der Waals surface area (Å²) in [4.78, 5) is 22.3. The third-order valence-electron chi connectivity index (χ3n) is 3.79. The first-order chi connectivity index (χ1) is 10.0. The molecule has 0 amide bonds. The maximum Gasteiger partial charge on any atom is 0.138 e. The van der Waals surface area contributed by atoms with Gasteiger partial charge in [-0.15, -0.1) is 0 Å². The number of aliphatic hydroxyl groups is 1. The van der Waals surface area contributed by atoms with Crippen LogP contribution in [0.5, 0.6) is 0 Å². The number of hydrogen-bond donors (Lipinski definition) is 1. The Morgan fingerprint density at radius 1 is 0.857 bits per heavy atom. The summed E-state index contributed by atoms with van der Waals surface area (Å²) in [6.07, 6.45) is 4.61. The van der Waals surface area contributed by atoms with Gasteiger partial charge in [0, 0.05) is 38.4 Å². The molecule has 0 heterocycles. The zero-order valence-corrected chi connectivity index (χ0v) is 14.5. The minimum absolute atomic E-state index is 0.00463. The molecule has 0 fully saturated rings. The fourth-order valence-electron chi connectivity index (χ4n) is 2.21. The first-order valence-electron chi connectivity index (χ1n) is 8.17. The summed E-state index contributed by atoms with van der Waals surface area (Å²) < 4.78 is 4.83. The average Bonchev–Trinajstić information content (AvgIpc) is 2.48. The summed E-state index contributed by atoms with van der Waals surface area (Å²) in [5.74, 6) is 0.974. The molecule has 0 aliphatic rings. The molecule has 0 aromatic rings. The van der Waals surface area contributed by atoms with Gasteiger partial charge in [-0.1, -0.05) is 27.7 Å². The molecule has 0 aliphatic carbocycles. The number of carbonyl (C=O) groups is 2. The van der Waals surface area contributed by atoms with E-state index >= 15 is 0 Å². The molecule has 0 spiro atoms. The quantitative estimate of drug-likeness (QED) is 0.635. The lowest BCUT2D eigenvalue weighted by Gasteiger charge is -2.09. The largest absolute Gasteiger partial charge is 0.396 e. The smallest absolute Gasteiger partial charge is 0.138 e. The van der Waals surface area contributed by atoms with Crippen LogP contribution in [0.1, 0.15) is 66.2 Å². The number of Topliss-reactive ketones (excluding diaryl/α,β-unsaturated/α-hetero) is 2. The minimum atomic E-state index is -0.00463. The molecular weight excluding hydrogens is 268 g/mol. The van der Waals surface area contributed by atoms with Gasteiger partial charge in [-0.2, -0.15) is 0 Å². The number of carbonyl (C=O) groups excluding carboxylic acids is 2. The van der Waals surface area contributed by atoms with Gasteiger partial charge in [0.25, 0.3) is 0 Å². The molecule has 4 nitrogen and oxygen atoms in total. The minimum Gasteiger partial charge on any atom is -0.396 e. The molecule has 21 heavy (non-hydrogen) atoms. The van der Waals surface area contributed by atoms with Crippen molar-refractivity contribution in [3.8, 4) is 0 Å². The van der Waals surface area contributed by atoms with E-state index in [2.05, 4.69) is 13.8 Å². The molecule has 0 saturated heterocycles. The van der Waals surface area contributed by atoms with Gasteiger partial charge in [0.1, 0.15) is 11.6 Å². The third-order valence-corrected chi connectivity index (χ3v) is 3.79. The molecule has 4 heteroatoms. The van der Waals surface area contributed by atoms with Crippen molar-refractivity contribution in [2.45, 2.75) is 66.2 Å². The van der Waals surface area contributed by atoms with Crippen LogP contribution in [0.25, 0.3) is 0 Å². The van der Waals surface area contributed by atoms with Gasteiger partial charge in [0.2, 0.25) is 0 Å². The Kier molecular flexibility index (Phi) is 16.8. The van der Waals surface area contributed by atoms with E-state index in [-0.39, 0.29) is 24.2 Å². The van der Waals surface area contributed by atoms with Crippen molar-refractivity contribution in [3.05, 3.63) is 0 Å². The van der Waals surface area contributed by atoms with Gasteiger partial charge >= 0.3 is 0 Å². The van der Waals surface area contributed by atoms with Crippen LogP contribution in [0.15, 0.2) is 0 Å². The van der Waals surface area contributed by atoms with E-state index in [9.17, 15) is 9.59 Å². The van der Waals surface area contributed by atoms with Crippen LogP contribution in [-0.4, -0.2) is 37.0 Å². The summed E-state index contributed by atoms with van der Waals surface area (Å²) in [7, 11) is 1.63. The van der Waals surface area contributed by atoms with Crippen molar-refractivity contribution in [3.63, 3.8) is 0 Å². The number of ether oxygens (including phenoxy) is 1. The molecule has 0 saturated carbocycles. The Labute approximate surface area is 130 Å². The SMILES string of the molecule is CCC(CC)C(=O)CCO.CCC(CC)C(=O)CCOC. The van der Waals surface area contributed by atoms with Crippen molar-refractivity contribution in [1.82, 2.24) is 0 Å². The van der Waals surface area contributed by atoms with E-state index in [4.69, 9.17) is 9.84 Å². The number of ketones is 2. The van der Waals surface area contributed by atoms with Crippen molar-refractivity contribution >= 4 is 11.6 Å². The normalized spacial score (nSPS) is 10.5. The highest BCUT2D eigenvalue weighted by Gasteiger charge is 2.13. The van der Waals surface area contributed by atoms with Crippen molar-refractivity contribution in [1.29, 1.82) is 0 Å². The Bertz CT molecular complexity index is 256. The molecule has 0 aliphatic heterocycles. The molecule has 0 unspecified atom stereocenters. The summed E-state index contributed by atoms with van der Waals surface area (Å²) in [5, 5.41) is 8.46. The molecule has 0 aromatic carbocycles. The Balaban J connectivity index is 0. The number of methoxy groups -OCH3 is 1. The summed E-state index contributed by atoms with van der Waals surface area (Å²) in [6.45, 7) is 8.68. The molecule has 0 aromatic heterocycles. The topological polar surface area (TPSA) is 63.6 Å². The second-order valence-corrected chi connectivity index (χ2v) is 5.18.